The van der Waals surface area contributed by atoms with E-state index in [4.69, 9.17) is 5.73 Å². The topological polar surface area (TPSA) is 158 Å². The van der Waals surface area contributed by atoms with Gasteiger partial charge < -0.3 is 31.4 Å². The van der Waals surface area contributed by atoms with E-state index in [-0.39, 0.29) is 24.7 Å². The first kappa shape index (κ1) is 29.8. The Balaban J connectivity index is 1.51. The quantitative estimate of drug-likeness (QED) is 0.228. The van der Waals surface area contributed by atoms with E-state index in [9.17, 15) is 24.3 Å². The number of nitrogens with zero attached hydrogens (tertiary/aromatic N) is 1. The molecule has 1 aliphatic rings. The van der Waals surface area contributed by atoms with E-state index in [1.54, 1.807) is 6.20 Å². The van der Waals surface area contributed by atoms with Gasteiger partial charge in [0.25, 0.3) is 0 Å². The zero-order chi connectivity index (χ0) is 29.5. The van der Waals surface area contributed by atoms with Gasteiger partial charge in [-0.15, -0.1) is 0 Å². The van der Waals surface area contributed by atoms with E-state index in [1.165, 1.54) is 4.90 Å². The number of H-pyrrole nitrogens is 1. The molecule has 1 fully saturated rings. The number of carbonyl (C=O) groups is 4. The summed E-state index contributed by atoms with van der Waals surface area (Å²) < 4.78 is 0. The second kappa shape index (κ2) is 13.5. The fourth-order valence-electron chi connectivity index (χ4n) is 5.31. The average molecular weight is 562 g/mol. The molecule has 6 N–H and O–H groups in total. The van der Waals surface area contributed by atoms with Crippen LogP contribution in [0, 0.1) is 5.92 Å². The number of para-hydroxylation sites is 1. The van der Waals surface area contributed by atoms with Crippen LogP contribution in [0.5, 0.6) is 0 Å². The van der Waals surface area contributed by atoms with Crippen LogP contribution in [0.4, 0.5) is 0 Å². The maximum atomic E-state index is 13.6. The number of nitrogens with two attached hydrogens (primary N) is 1. The molecule has 0 radical (unpaired) electrons. The summed E-state index contributed by atoms with van der Waals surface area (Å²) in [6.07, 6.45) is 3.81. The Morgan fingerprint density at radius 1 is 1.02 bits per heavy atom. The summed E-state index contributed by atoms with van der Waals surface area (Å²) in [4.78, 5) is 57.0. The Kier molecular flexibility index (Phi) is 9.78. The van der Waals surface area contributed by atoms with Crippen LogP contribution in [0.25, 0.3) is 10.9 Å². The van der Waals surface area contributed by atoms with Crippen molar-refractivity contribution in [1.29, 1.82) is 0 Å². The van der Waals surface area contributed by atoms with Crippen molar-refractivity contribution >= 4 is 34.6 Å². The molecule has 2 aromatic carbocycles. The minimum atomic E-state index is -1.21. The number of carbonyl (C=O) groups excluding carboxylic acids is 3. The largest absolute Gasteiger partial charge is 0.480 e. The standard InChI is InChI=1S/C31H39N5O5/c1-3-19(2)27(32)30(39)36-15-9-14-26(36)29(38)34-24(16-20-10-5-4-6-11-20)28(37)35-25(31(40)41)17-21-18-33-23-13-8-7-12-22(21)23/h4-8,10-13,18-19,24-27,33H,3,9,14-17,32H2,1-2H3,(H,34,38)(H,35,37)(H,40,41). The smallest absolute Gasteiger partial charge is 0.326 e. The monoisotopic (exact) mass is 561 g/mol. The molecule has 4 rings (SSSR count). The van der Waals surface area contributed by atoms with Crippen molar-refractivity contribution in [1.82, 2.24) is 20.5 Å². The highest BCUT2D eigenvalue weighted by Crippen LogP contribution is 2.22. The van der Waals surface area contributed by atoms with E-state index in [1.807, 2.05) is 68.4 Å². The van der Waals surface area contributed by atoms with Gasteiger partial charge in [0, 0.05) is 36.5 Å². The molecule has 2 heterocycles. The molecule has 1 aromatic heterocycles. The van der Waals surface area contributed by atoms with Crippen molar-refractivity contribution < 1.29 is 24.3 Å². The minimum absolute atomic E-state index is 0.0338. The number of aromatic amines is 1. The number of carboxylic acids is 1. The minimum Gasteiger partial charge on any atom is -0.480 e. The third kappa shape index (κ3) is 7.13. The Bertz CT molecular complexity index is 1370. The lowest BCUT2D eigenvalue weighted by atomic mass is 9.98. The van der Waals surface area contributed by atoms with Crippen LogP contribution in [-0.4, -0.2) is 69.4 Å². The molecule has 0 saturated carbocycles. The van der Waals surface area contributed by atoms with Crippen LogP contribution in [-0.2, 0) is 32.0 Å². The lowest BCUT2D eigenvalue weighted by molar-refractivity contribution is -0.143. The summed E-state index contributed by atoms with van der Waals surface area (Å²) in [6, 6.07) is 13.0. The van der Waals surface area contributed by atoms with Crippen LogP contribution in [0.2, 0.25) is 0 Å². The van der Waals surface area contributed by atoms with Crippen LogP contribution < -0.4 is 16.4 Å². The third-order valence-electron chi connectivity index (χ3n) is 8.01. The highest BCUT2D eigenvalue weighted by Gasteiger charge is 2.39. The summed E-state index contributed by atoms with van der Waals surface area (Å²) in [5, 5.41) is 16.3. The molecule has 218 valence electrons. The molecular weight excluding hydrogens is 522 g/mol. The van der Waals surface area contributed by atoms with Gasteiger partial charge in [0.1, 0.15) is 18.1 Å². The number of carboxylic acid groups (broad SMARTS) is 1. The first-order chi connectivity index (χ1) is 19.7. The molecule has 10 heteroatoms. The molecule has 0 spiro atoms. The van der Waals surface area contributed by atoms with E-state index in [2.05, 4.69) is 15.6 Å². The van der Waals surface area contributed by atoms with Gasteiger partial charge in [0.2, 0.25) is 17.7 Å². The summed E-state index contributed by atoms with van der Waals surface area (Å²) in [5.41, 5.74) is 8.62. The zero-order valence-electron chi connectivity index (χ0n) is 23.5. The number of hydrogen-bond acceptors (Lipinski definition) is 5. The Hall–Kier alpha value is -4.18. The summed E-state index contributed by atoms with van der Waals surface area (Å²) >= 11 is 0. The Morgan fingerprint density at radius 3 is 2.44 bits per heavy atom. The molecule has 1 aliphatic heterocycles. The number of amides is 3. The highest BCUT2D eigenvalue weighted by atomic mass is 16.4. The van der Waals surface area contributed by atoms with Crippen LogP contribution in [0.3, 0.4) is 0 Å². The van der Waals surface area contributed by atoms with Gasteiger partial charge in [-0.05, 0) is 36.0 Å². The molecule has 10 nitrogen and oxygen atoms in total. The zero-order valence-corrected chi connectivity index (χ0v) is 23.5. The number of fused-ring (bicyclic) bond motifs is 1. The molecule has 3 amide bonds. The number of benzene rings is 2. The Morgan fingerprint density at radius 2 is 1.73 bits per heavy atom. The summed E-state index contributed by atoms with van der Waals surface area (Å²) in [7, 11) is 0. The number of nitrogens with one attached hydrogen (secondary N) is 3. The summed E-state index contributed by atoms with van der Waals surface area (Å²) in [6.45, 7) is 4.28. The molecular formula is C31H39N5O5. The molecule has 5 atom stereocenters. The van der Waals surface area contributed by atoms with Crippen molar-refractivity contribution in [3.05, 3.63) is 71.9 Å². The van der Waals surface area contributed by atoms with Gasteiger partial charge in [0.05, 0.1) is 6.04 Å². The van der Waals surface area contributed by atoms with Crippen molar-refractivity contribution in [3.8, 4) is 0 Å². The van der Waals surface area contributed by atoms with Crippen molar-refractivity contribution in [2.24, 2.45) is 11.7 Å². The molecule has 41 heavy (non-hydrogen) atoms. The number of aliphatic carboxylic acids is 1. The van der Waals surface area contributed by atoms with Crippen LogP contribution >= 0.6 is 0 Å². The van der Waals surface area contributed by atoms with Gasteiger partial charge in [-0.3, -0.25) is 14.4 Å². The van der Waals surface area contributed by atoms with E-state index in [0.717, 1.165) is 28.5 Å². The Labute approximate surface area is 239 Å². The van der Waals surface area contributed by atoms with Crippen molar-refractivity contribution in [3.63, 3.8) is 0 Å². The number of hydrogen-bond donors (Lipinski definition) is 5. The molecule has 1 saturated heterocycles. The number of aromatic nitrogens is 1. The first-order valence-corrected chi connectivity index (χ1v) is 14.2. The SMILES string of the molecule is CCC(C)C(N)C(=O)N1CCCC1C(=O)NC(Cc1ccccc1)C(=O)NC(Cc1c[nH]c2ccccc12)C(=O)O. The molecule has 0 bridgehead atoms. The highest BCUT2D eigenvalue weighted by molar-refractivity contribution is 5.95. The van der Waals surface area contributed by atoms with Gasteiger partial charge in [0.15, 0.2) is 0 Å². The van der Waals surface area contributed by atoms with Crippen LogP contribution in [0.15, 0.2) is 60.8 Å². The molecule has 5 unspecified atom stereocenters. The summed E-state index contributed by atoms with van der Waals surface area (Å²) in [5.74, 6) is -2.55. The molecule has 3 aromatic rings. The van der Waals surface area contributed by atoms with E-state index in [0.29, 0.717) is 19.4 Å². The maximum Gasteiger partial charge on any atom is 0.326 e. The predicted molar refractivity (Wildman–Crippen MR) is 156 cm³/mol. The van der Waals surface area contributed by atoms with Crippen LogP contribution in [0.1, 0.15) is 44.2 Å². The normalized spacial score (nSPS) is 17.9. The van der Waals surface area contributed by atoms with Gasteiger partial charge in [-0.1, -0.05) is 68.8 Å². The second-order valence-electron chi connectivity index (χ2n) is 10.8. The predicted octanol–water partition coefficient (Wildman–Crippen LogP) is 2.37. The second-order valence-corrected chi connectivity index (χ2v) is 10.8. The average Bonchev–Trinajstić information content (AvgIpc) is 3.63. The molecule has 0 aliphatic carbocycles. The van der Waals surface area contributed by atoms with Gasteiger partial charge in [-0.2, -0.15) is 0 Å². The van der Waals surface area contributed by atoms with Gasteiger partial charge >= 0.3 is 5.97 Å². The fraction of sp³-hybridized carbons (Fsp3) is 0.419. The van der Waals surface area contributed by atoms with Crippen molar-refractivity contribution in [2.45, 2.75) is 70.1 Å². The van der Waals surface area contributed by atoms with Gasteiger partial charge in [-0.25, -0.2) is 4.79 Å². The fourth-order valence-corrected chi connectivity index (χ4v) is 5.31. The lowest BCUT2D eigenvalue weighted by Gasteiger charge is -2.30. The number of rotatable bonds is 12. The maximum absolute atomic E-state index is 13.6. The lowest BCUT2D eigenvalue weighted by Crippen LogP contribution is -2.57. The number of likely N-dealkylation sites (tertiary alicyclic amines) is 1. The third-order valence-corrected chi connectivity index (χ3v) is 8.01. The van der Waals surface area contributed by atoms with E-state index >= 15 is 0 Å². The van der Waals surface area contributed by atoms with E-state index < -0.39 is 42.0 Å². The first-order valence-electron chi connectivity index (χ1n) is 14.2. The van der Waals surface area contributed by atoms with Crippen molar-refractivity contribution in [2.75, 3.05) is 6.54 Å².